The van der Waals surface area contributed by atoms with Crippen molar-refractivity contribution in [2.24, 2.45) is 0 Å². The molecule has 0 saturated carbocycles. The Balaban J connectivity index is 1.61. The number of carbonyl (C=O) groups is 2. The third-order valence-electron chi connectivity index (χ3n) is 4.19. The summed E-state index contributed by atoms with van der Waals surface area (Å²) in [6, 6.07) is 14.8. The van der Waals surface area contributed by atoms with Crippen LogP contribution in [0.1, 0.15) is 28.2 Å². The molecule has 0 unspecified atom stereocenters. The highest BCUT2D eigenvalue weighted by Crippen LogP contribution is 2.22. The number of anilines is 1. The highest BCUT2D eigenvalue weighted by Gasteiger charge is 2.14. The minimum Gasteiger partial charge on any atom is -0.465 e. The van der Waals surface area contributed by atoms with Crippen LogP contribution in [0.25, 0.3) is 11.3 Å². The van der Waals surface area contributed by atoms with E-state index in [0.29, 0.717) is 34.9 Å². The van der Waals surface area contributed by atoms with Gasteiger partial charge in [0.2, 0.25) is 5.91 Å². The summed E-state index contributed by atoms with van der Waals surface area (Å²) in [4.78, 5) is 28.2. The second-order valence-electron chi connectivity index (χ2n) is 6.00. The monoisotopic (exact) mass is 364 g/mol. The van der Waals surface area contributed by atoms with Gasteiger partial charge in [-0.05, 0) is 24.6 Å². The number of nitrogens with zero attached hydrogens (tertiary/aromatic N) is 1. The first-order chi connectivity index (χ1) is 13.1. The number of amides is 1. The van der Waals surface area contributed by atoms with E-state index < -0.39 is 5.97 Å². The van der Waals surface area contributed by atoms with E-state index in [0.717, 1.165) is 5.56 Å². The minimum atomic E-state index is -0.433. The van der Waals surface area contributed by atoms with Crippen LogP contribution in [0.3, 0.4) is 0 Å². The largest absolute Gasteiger partial charge is 0.465 e. The highest BCUT2D eigenvalue weighted by atomic mass is 16.5. The van der Waals surface area contributed by atoms with Crippen molar-refractivity contribution in [3.05, 3.63) is 71.7 Å². The number of aryl methyl sites for hydroxylation is 1. The zero-order chi connectivity index (χ0) is 19.2. The maximum Gasteiger partial charge on any atom is 0.338 e. The van der Waals surface area contributed by atoms with Gasteiger partial charge in [0.25, 0.3) is 0 Å². The number of methoxy groups -OCH3 is 1. The molecule has 3 aromatic rings. The van der Waals surface area contributed by atoms with Gasteiger partial charge in [0.1, 0.15) is 0 Å². The average Bonchev–Trinajstić information content (AvgIpc) is 3.17. The Morgan fingerprint density at radius 2 is 1.89 bits per heavy atom. The molecule has 27 heavy (non-hydrogen) atoms. The molecular weight excluding hydrogens is 344 g/mol. The fraction of sp³-hybridized carbons (Fsp3) is 0.190. The van der Waals surface area contributed by atoms with Crippen molar-refractivity contribution >= 4 is 17.6 Å². The molecule has 0 aliphatic carbocycles. The molecule has 0 aliphatic rings. The number of ether oxygens (including phenoxy) is 1. The molecule has 1 N–H and O–H groups in total. The Labute approximate surface area is 157 Å². The zero-order valence-electron chi connectivity index (χ0n) is 15.2. The number of rotatable bonds is 6. The van der Waals surface area contributed by atoms with Crippen LogP contribution in [0.4, 0.5) is 5.69 Å². The van der Waals surface area contributed by atoms with Crippen molar-refractivity contribution < 1.29 is 18.7 Å². The third kappa shape index (κ3) is 4.41. The van der Waals surface area contributed by atoms with Gasteiger partial charge in [-0.25, -0.2) is 9.78 Å². The molecule has 3 rings (SSSR count). The molecule has 0 atom stereocenters. The summed E-state index contributed by atoms with van der Waals surface area (Å²) in [5.74, 6) is 0.563. The molecule has 0 radical (unpaired) electrons. The highest BCUT2D eigenvalue weighted by molar-refractivity contribution is 5.96. The molecule has 0 aliphatic heterocycles. The first-order valence-corrected chi connectivity index (χ1v) is 8.56. The maximum absolute atomic E-state index is 12.3. The molecule has 1 amide bonds. The van der Waals surface area contributed by atoms with Gasteiger partial charge in [-0.1, -0.05) is 36.4 Å². The second kappa shape index (κ2) is 8.31. The molecule has 6 heteroatoms. The van der Waals surface area contributed by atoms with Crippen LogP contribution in [0.2, 0.25) is 0 Å². The van der Waals surface area contributed by atoms with Crippen molar-refractivity contribution in [3.63, 3.8) is 0 Å². The predicted octanol–water partition coefficient (Wildman–Crippen LogP) is 4.01. The number of aromatic nitrogens is 1. The van der Waals surface area contributed by atoms with Crippen LogP contribution < -0.4 is 5.32 Å². The summed E-state index contributed by atoms with van der Waals surface area (Å²) in [6.07, 6.45) is 2.26. The van der Waals surface area contributed by atoms with E-state index in [4.69, 9.17) is 9.15 Å². The topological polar surface area (TPSA) is 81.4 Å². The van der Waals surface area contributed by atoms with Gasteiger partial charge in [0.15, 0.2) is 11.7 Å². The minimum absolute atomic E-state index is 0.181. The van der Waals surface area contributed by atoms with E-state index in [-0.39, 0.29) is 12.3 Å². The first-order valence-electron chi connectivity index (χ1n) is 8.56. The van der Waals surface area contributed by atoms with Gasteiger partial charge < -0.3 is 14.5 Å². The Hall–Kier alpha value is -3.41. The molecule has 0 spiro atoms. The summed E-state index contributed by atoms with van der Waals surface area (Å²) in [5.41, 5.74) is 2.62. The Bertz CT molecular complexity index is 948. The van der Waals surface area contributed by atoms with Gasteiger partial charge in [0, 0.05) is 24.1 Å². The zero-order valence-corrected chi connectivity index (χ0v) is 15.2. The number of carbonyl (C=O) groups excluding carboxylic acids is 2. The lowest BCUT2D eigenvalue weighted by molar-refractivity contribution is -0.116. The molecule has 2 aromatic carbocycles. The van der Waals surface area contributed by atoms with Gasteiger partial charge in [-0.15, -0.1) is 0 Å². The lowest BCUT2D eigenvalue weighted by atomic mass is 10.1. The van der Waals surface area contributed by atoms with Gasteiger partial charge >= 0.3 is 5.97 Å². The lowest BCUT2D eigenvalue weighted by Gasteiger charge is -2.11. The van der Waals surface area contributed by atoms with Crippen molar-refractivity contribution in [2.75, 3.05) is 12.4 Å². The van der Waals surface area contributed by atoms with Crippen molar-refractivity contribution in [3.8, 4) is 11.3 Å². The third-order valence-corrected chi connectivity index (χ3v) is 4.19. The second-order valence-corrected chi connectivity index (χ2v) is 6.00. The fourth-order valence-corrected chi connectivity index (χ4v) is 2.70. The number of hydrogen-bond donors (Lipinski definition) is 1. The summed E-state index contributed by atoms with van der Waals surface area (Å²) in [6.45, 7) is 1.77. The number of benzene rings is 2. The molecule has 138 valence electrons. The molecule has 1 aromatic heterocycles. The molecular formula is C21H20N2O4. The standard InChI is InChI=1S/C21H20N2O4/c1-14-16(21(25)26-2)9-6-10-17(14)23-19(24)11-12-20-22-13-18(27-20)15-7-4-3-5-8-15/h3-10,13H,11-12H2,1-2H3,(H,23,24). The maximum atomic E-state index is 12.3. The van der Waals surface area contributed by atoms with Crippen molar-refractivity contribution in [1.29, 1.82) is 0 Å². The van der Waals surface area contributed by atoms with E-state index in [9.17, 15) is 9.59 Å². The fourth-order valence-electron chi connectivity index (χ4n) is 2.70. The average molecular weight is 364 g/mol. The SMILES string of the molecule is COC(=O)c1cccc(NC(=O)CCc2ncc(-c3ccccc3)o2)c1C. The summed E-state index contributed by atoms with van der Waals surface area (Å²) >= 11 is 0. The Morgan fingerprint density at radius 1 is 1.11 bits per heavy atom. The first kappa shape index (κ1) is 18.4. The summed E-state index contributed by atoms with van der Waals surface area (Å²) in [5, 5.41) is 2.82. The van der Waals surface area contributed by atoms with Crippen LogP contribution in [0.15, 0.2) is 59.1 Å². The molecule has 0 fully saturated rings. The summed E-state index contributed by atoms with van der Waals surface area (Å²) in [7, 11) is 1.33. The van der Waals surface area contributed by atoms with E-state index in [1.807, 2.05) is 30.3 Å². The number of nitrogens with one attached hydrogen (secondary N) is 1. The van der Waals surface area contributed by atoms with Crippen LogP contribution in [0.5, 0.6) is 0 Å². The summed E-state index contributed by atoms with van der Waals surface area (Å²) < 4.78 is 10.5. The molecule has 0 bridgehead atoms. The normalized spacial score (nSPS) is 10.4. The molecule has 0 saturated heterocycles. The predicted molar refractivity (Wildman–Crippen MR) is 101 cm³/mol. The van der Waals surface area contributed by atoms with Crippen molar-refractivity contribution in [1.82, 2.24) is 4.98 Å². The van der Waals surface area contributed by atoms with Gasteiger partial charge in [-0.3, -0.25) is 4.79 Å². The Morgan fingerprint density at radius 3 is 2.63 bits per heavy atom. The van der Waals surface area contributed by atoms with Crippen LogP contribution in [-0.4, -0.2) is 24.0 Å². The lowest BCUT2D eigenvalue weighted by Crippen LogP contribution is -2.14. The van der Waals surface area contributed by atoms with E-state index in [1.54, 1.807) is 31.3 Å². The van der Waals surface area contributed by atoms with Crippen molar-refractivity contribution in [2.45, 2.75) is 19.8 Å². The quantitative estimate of drug-likeness (QED) is 0.669. The van der Waals surface area contributed by atoms with Gasteiger partial charge in [0.05, 0.1) is 18.9 Å². The number of esters is 1. The molecule has 1 heterocycles. The van der Waals surface area contributed by atoms with Crippen LogP contribution in [0, 0.1) is 6.92 Å². The Kier molecular flexibility index (Phi) is 5.66. The van der Waals surface area contributed by atoms with E-state index >= 15 is 0 Å². The van der Waals surface area contributed by atoms with E-state index in [1.165, 1.54) is 7.11 Å². The number of hydrogen-bond acceptors (Lipinski definition) is 5. The van der Waals surface area contributed by atoms with Gasteiger partial charge in [-0.2, -0.15) is 0 Å². The molecule has 6 nitrogen and oxygen atoms in total. The van der Waals surface area contributed by atoms with Crippen LogP contribution >= 0.6 is 0 Å². The smallest absolute Gasteiger partial charge is 0.338 e. The van der Waals surface area contributed by atoms with E-state index in [2.05, 4.69) is 10.3 Å². The van der Waals surface area contributed by atoms with Crippen LogP contribution in [-0.2, 0) is 16.0 Å². The number of oxazole rings is 1.